The number of rotatable bonds is 13. The van der Waals surface area contributed by atoms with Crippen molar-refractivity contribution in [3.05, 3.63) is 34.4 Å². The van der Waals surface area contributed by atoms with Gasteiger partial charge in [-0.05, 0) is 31.2 Å². The molecular formula is C18H27N3O7. The first kappa shape index (κ1) is 23.3. The van der Waals surface area contributed by atoms with Crippen LogP contribution in [0.25, 0.3) is 0 Å². The van der Waals surface area contributed by atoms with Crippen molar-refractivity contribution < 1.29 is 29.4 Å². The number of carbonyl (C=O) groups is 2. The average molecular weight is 397 g/mol. The summed E-state index contributed by atoms with van der Waals surface area (Å²) in [6.45, 7) is 5.30. The van der Waals surface area contributed by atoms with Crippen molar-refractivity contribution in [1.29, 1.82) is 0 Å². The number of carbonyl (C=O) groups excluding carboxylic acids is 2. The summed E-state index contributed by atoms with van der Waals surface area (Å²) in [6.07, 6.45) is -0.872. The minimum absolute atomic E-state index is 0.127. The molecule has 0 bridgehead atoms. The fraction of sp³-hybridized carbons (Fsp3) is 0.556. The van der Waals surface area contributed by atoms with Crippen LogP contribution in [0.3, 0.4) is 0 Å². The molecule has 0 heterocycles. The summed E-state index contributed by atoms with van der Waals surface area (Å²) in [5.41, 5.74) is 0.483. The first-order valence-corrected chi connectivity index (χ1v) is 8.89. The number of nitrogens with one attached hydrogen (secondary N) is 2. The van der Waals surface area contributed by atoms with Gasteiger partial charge >= 0.3 is 0 Å². The predicted molar refractivity (Wildman–Crippen MR) is 101 cm³/mol. The summed E-state index contributed by atoms with van der Waals surface area (Å²) in [7, 11) is 0. The maximum absolute atomic E-state index is 12.0. The van der Waals surface area contributed by atoms with E-state index < -0.39 is 29.6 Å². The van der Waals surface area contributed by atoms with Gasteiger partial charge in [-0.25, -0.2) is 0 Å². The summed E-state index contributed by atoms with van der Waals surface area (Å²) in [5, 5.41) is 24.8. The Morgan fingerprint density at radius 1 is 1.21 bits per heavy atom. The molecule has 0 saturated carbocycles. The van der Waals surface area contributed by atoms with Crippen LogP contribution in [0.15, 0.2) is 24.3 Å². The number of hydrogen-bond acceptors (Lipinski definition) is 8. The normalized spacial score (nSPS) is 12.9. The third-order valence-corrected chi connectivity index (χ3v) is 3.73. The number of nitrogens with zero attached hydrogens (tertiary/aromatic N) is 1. The van der Waals surface area contributed by atoms with Crippen LogP contribution in [0, 0.1) is 16.0 Å². The second-order valence-corrected chi connectivity index (χ2v) is 6.63. The van der Waals surface area contributed by atoms with Crippen LogP contribution in [-0.2, 0) is 14.4 Å². The van der Waals surface area contributed by atoms with Crippen LogP contribution in [0.1, 0.15) is 27.2 Å². The Hall–Kier alpha value is -2.72. The summed E-state index contributed by atoms with van der Waals surface area (Å²) in [4.78, 5) is 37.9. The molecule has 28 heavy (non-hydrogen) atoms. The van der Waals surface area contributed by atoms with Gasteiger partial charge in [0.2, 0.25) is 5.91 Å². The van der Waals surface area contributed by atoms with E-state index in [2.05, 4.69) is 15.5 Å². The lowest BCUT2D eigenvalue weighted by atomic mass is 10.0. The fourth-order valence-electron chi connectivity index (χ4n) is 2.16. The van der Waals surface area contributed by atoms with Crippen molar-refractivity contribution in [3.8, 4) is 5.75 Å². The molecule has 0 aromatic heterocycles. The van der Waals surface area contributed by atoms with Crippen LogP contribution in [0.5, 0.6) is 5.75 Å². The molecule has 10 nitrogen and oxygen atoms in total. The van der Waals surface area contributed by atoms with Crippen LogP contribution in [0.4, 0.5) is 5.69 Å². The molecule has 3 N–H and O–H groups in total. The van der Waals surface area contributed by atoms with Crippen LogP contribution < -0.4 is 15.4 Å². The Morgan fingerprint density at radius 2 is 1.86 bits per heavy atom. The molecule has 0 fully saturated rings. The number of Topliss-reactive ketones (excluding diaryl/α,β-unsaturated/α-hetero) is 1. The predicted octanol–water partition coefficient (Wildman–Crippen LogP) is 1.17. The van der Waals surface area contributed by atoms with Gasteiger partial charge in [0.05, 0.1) is 0 Å². The van der Waals surface area contributed by atoms with Gasteiger partial charge in [-0.15, -0.1) is 10.1 Å². The zero-order valence-electron chi connectivity index (χ0n) is 16.2. The Bertz CT molecular complexity index is 649. The maximum Gasteiger partial charge on any atom is 0.294 e. The van der Waals surface area contributed by atoms with Crippen molar-refractivity contribution in [2.75, 3.05) is 25.1 Å². The molecule has 0 saturated heterocycles. The van der Waals surface area contributed by atoms with Crippen molar-refractivity contribution in [2.24, 2.45) is 5.92 Å². The third-order valence-electron chi connectivity index (χ3n) is 3.73. The molecule has 2 atom stereocenters. The molecule has 1 amide bonds. The van der Waals surface area contributed by atoms with E-state index >= 15 is 0 Å². The molecule has 156 valence electrons. The lowest BCUT2D eigenvalue weighted by molar-refractivity contribution is -0.758. The van der Waals surface area contributed by atoms with Gasteiger partial charge in [0.15, 0.2) is 0 Å². The summed E-state index contributed by atoms with van der Waals surface area (Å²) in [6, 6.07) is 6.77. The van der Waals surface area contributed by atoms with E-state index in [9.17, 15) is 24.8 Å². The first-order valence-electron chi connectivity index (χ1n) is 8.89. The van der Waals surface area contributed by atoms with Crippen LogP contribution >= 0.6 is 0 Å². The van der Waals surface area contributed by atoms with E-state index in [1.165, 1.54) is 6.92 Å². The van der Waals surface area contributed by atoms with E-state index in [0.29, 0.717) is 18.0 Å². The molecule has 2 unspecified atom stereocenters. The van der Waals surface area contributed by atoms with Gasteiger partial charge in [-0.1, -0.05) is 13.8 Å². The monoisotopic (exact) mass is 397 g/mol. The molecule has 0 aliphatic carbocycles. The Morgan fingerprint density at radius 3 is 2.39 bits per heavy atom. The molecule has 1 rings (SSSR count). The summed E-state index contributed by atoms with van der Waals surface area (Å²) >= 11 is 0. The zero-order chi connectivity index (χ0) is 21.1. The van der Waals surface area contributed by atoms with E-state index in [1.807, 2.05) is 13.8 Å². The molecule has 1 aromatic rings. The highest BCUT2D eigenvalue weighted by Crippen LogP contribution is 2.17. The van der Waals surface area contributed by atoms with Crippen LogP contribution in [0.2, 0.25) is 0 Å². The van der Waals surface area contributed by atoms with E-state index in [4.69, 9.17) is 4.74 Å². The highest BCUT2D eigenvalue weighted by atomic mass is 16.9. The van der Waals surface area contributed by atoms with E-state index in [1.54, 1.807) is 24.3 Å². The second kappa shape index (κ2) is 11.9. The molecule has 0 aliphatic rings. The largest absolute Gasteiger partial charge is 0.491 e. The van der Waals surface area contributed by atoms with E-state index in [-0.39, 0.29) is 24.9 Å². The molecule has 0 aliphatic heterocycles. The number of anilines is 1. The van der Waals surface area contributed by atoms with Gasteiger partial charge in [-0.2, -0.15) is 0 Å². The first-order chi connectivity index (χ1) is 13.2. The van der Waals surface area contributed by atoms with Gasteiger partial charge in [0.25, 0.3) is 5.09 Å². The third kappa shape index (κ3) is 9.83. The van der Waals surface area contributed by atoms with Crippen molar-refractivity contribution in [2.45, 2.75) is 39.3 Å². The number of amides is 1. The Kier molecular flexibility index (Phi) is 9.89. The lowest BCUT2D eigenvalue weighted by Gasteiger charge is -2.15. The average Bonchev–Trinajstić information content (AvgIpc) is 2.62. The number of benzene rings is 1. The van der Waals surface area contributed by atoms with Crippen LogP contribution in [-0.4, -0.2) is 53.8 Å². The van der Waals surface area contributed by atoms with E-state index in [0.717, 1.165) is 0 Å². The zero-order valence-corrected chi connectivity index (χ0v) is 16.2. The molecular weight excluding hydrogens is 370 g/mol. The topological polar surface area (TPSA) is 140 Å². The number of aliphatic hydroxyl groups excluding tert-OH is 1. The SMILES string of the molecule is CC(=O)C(CO[N+](=O)[O-])CC(=O)Nc1ccc(OCC(O)CNC(C)C)cc1. The van der Waals surface area contributed by atoms with Crippen molar-refractivity contribution >= 4 is 17.4 Å². The van der Waals surface area contributed by atoms with Gasteiger partial charge in [0, 0.05) is 30.6 Å². The number of aliphatic hydroxyl groups is 1. The standard InChI is InChI=1S/C18H27N3O7/c1-12(2)19-9-16(23)11-27-17-6-4-15(5-7-17)20-18(24)8-14(13(3)22)10-28-21(25)26/h4-7,12,14,16,19,23H,8-11H2,1-3H3,(H,20,24). The Labute approximate surface area is 163 Å². The lowest BCUT2D eigenvalue weighted by Crippen LogP contribution is -2.35. The number of ether oxygens (including phenoxy) is 1. The number of ketones is 1. The molecule has 0 radical (unpaired) electrons. The summed E-state index contributed by atoms with van der Waals surface area (Å²) < 4.78 is 5.48. The molecule has 1 aromatic carbocycles. The van der Waals surface area contributed by atoms with Gasteiger partial charge in [-0.3, -0.25) is 9.59 Å². The minimum Gasteiger partial charge on any atom is -0.491 e. The smallest absolute Gasteiger partial charge is 0.294 e. The number of hydrogen-bond donors (Lipinski definition) is 3. The minimum atomic E-state index is -0.998. The highest BCUT2D eigenvalue weighted by Gasteiger charge is 2.20. The van der Waals surface area contributed by atoms with Crippen molar-refractivity contribution in [1.82, 2.24) is 5.32 Å². The fourth-order valence-corrected chi connectivity index (χ4v) is 2.16. The highest BCUT2D eigenvalue weighted by molar-refractivity contribution is 5.94. The second-order valence-electron chi connectivity index (χ2n) is 6.63. The maximum atomic E-state index is 12.0. The summed E-state index contributed by atoms with van der Waals surface area (Å²) in [5.74, 6) is -1.20. The Balaban J connectivity index is 2.47. The van der Waals surface area contributed by atoms with Gasteiger partial charge in [0.1, 0.15) is 30.9 Å². The van der Waals surface area contributed by atoms with Crippen molar-refractivity contribution in [3.63, 3.8) is 0 Å². The molecule has 0 spiro atoms. The molecule has 10 heteroatoms. The van der Waals surface area contributed by atoms with Gasteiger partial charge < -0.3 is 25.3 Å². The quantitative estimate of drug-likeness (QED) is 0.333.